The maximum absolute atomic E-state index is 13.4. The summed E-state index contributed by atoms with van der Waals surface area (Å²) in [7, 11) is 0. The number of thioether (sulfide) groups is 1. The van der Waals surface area contributed by atoms with E-state index in [-0.39, 0.29) is 16.9 Å². The second kappa shape index (κ2) is 14.5. The third-order valence-electron chi connectivity index (χ3n) is 6.52. The monoisotopic (exact) mass is 597 g/mol. The third kappa shape index (κ3) is 8.59. The second-order valence-corrected chi connectivity index (χ2v) is 11.4. The minimum atomic E-state index is -0.490. The van der Waals surface area contributed by atoms with Gasteiger partial charge in [-0.1, -0.05) is 61.0 Å². The largest absolute Gasteiger partial charge is 0.325 e. The van der Waals surface area contributed by atoms with Gasteiger partial charge in [0.05, 0.1) is 5.25 Å². The van der Waals surface area contributed by atoms with Gasteiger partial charge < -0.3 is 16.0 Å². The first-order chi connectivity index (χ1) is 20.2. The van der Waals surface area contributed by atoms with Crippen molar-refractivity contribution in [2.45, 2.75) is 37.3 Å². The SMILES string of the molecule is CCC(Sc1cccc(NC(=O)/C(=C/c2ccc(Cl)cc2)NC(=O)c2ccccc2)c1)C(=O)Nc1ccc(C)c(C)c1. The first-order valence-corrected chi connectivity index (χ1v) is 14.8. The Balaban J connectivity index is 1.49. The lowest BCUT2D eigenvalue weighted by Gasteiger charge is -2.16. The van der Waals surface area contributed by atoms with Crippen LogP contribution < -0.4 is 16.0 Å². The zero-order valence-electron chi connectivity index (χ0n) is 23.6. The number of hydrogen-bond donors (Lipinski definition) is 3. The number of rotatable bonds is 10. The maximum Gasteiger partial charge on any atom is 0.272 e. The molecule has 0 heterocycles. The minimum absolute atomic E-state index is 0.0726. The standard InChI is InChI=1S/C34H32ClN3O3S/c1-4-31(34(41)37-28-18-13-22(2)23(3)19-28)42-29-12-8-11-27(21-29)36-33(40)30(20-24-14-16-26(35)17-15-24)38-32(39)25-9-6-5-7-10-25/h5-21,31H,4H2,1-3H3,(H,36,40)(H,37,41)(H,38,39)/b30-20-. The van der Waals surface area contributed by atoms with E-state index in [0.717, 1.165) is 16.1 Å². The van der Waals surface area contributed by atoms with E-state index in [1.807, 2.05) is 63.2 Å². The van der Waals surface area contributed by atoms with Gasteiger partial charge in [-0.05, 0) is 97.6 Å². The van der Waals surface area contributed by atoms with Gasteiger partial charge in [0.2, 0.25) is 5.91 Å². The minimum Gasteiger partial charge on any atom is -0.325 e. The number of hydrogen-bond acceptors (Lipinski definition) is 4. The summed E-state index contributed by atoms with van der Waals surface area (Å²) in [5.74, 6) is -0.983. The van der Waals surface area contributed by atoms with Gasteiger partial charge in [0.25, 0.3) is 11.8 Å². The molecule has 0 aliphatic rings. The number of carbonyl (C=O) groups excluding carboxylic acids is 3. The smallest absolute Gasteiger partial charge is 0.272 e. The molecule has 0 radical (unpaired) electrons. The van der Waals surface area contributed by atoms with Crippen LogP contribution in [0.5, 0.6) is 0 Å². The van der Waals surface area contributed by atoms with Crippen LogP contribution in [-0.4, -0.2) is 23.0 Å². The van der Waals surface area contributed by atoms with Gasteiger partial charge in [0.1, 0.15) is 5.70 Å². The van der Waals surface area contributed by atoms with Crippen LogP contribution >= 0.6 is 23.4 Å². The molecule has 0 spiro atoms. The van der Waals surface area contributed by atoms with Crippen LogP contribution in [0.2, 0.25) is 5.02 Å². The van der Waals surface area contributed by atoms with Gasteiger partial charge in [-0.3, -0.25) is 14.4 Å². The van der Waals surface area contributed by atoms with Gasteiger partial charge in [0.15, 0.2) is 0 Å². The molecule has 1 unspecified atom stereocenters. The summed E-state index contributed by atoms with van der Waals surface area (Å²) in [4.78, 5) is 40.2. The Morgan fingerprint density at radius 3 is 2.21 bits per heavy atom. The Hall–Kier alpha value is -4.33. The summed E-state index contributed by atoms with van der Waals surface area (Å²) < 4.78 is 0. The highest BCUT2D eigenvalue weighted by atomic mass is 35.5. The molecule has 4 aromatic carbocycles. The van der Waals surface area contributed by atoms with Crippen LogP contribution in [0.3, 0.4) is 0 Å². The van der Waals surface area contributed by atoms with Crippen molar-refractivity contribution >= 4 is 58.5 Å². The molecule has 0 aromatic heterocycles. The average Bonchev–Trinajstić information content (AvgIpc) is 2.99. The number of carbonyl (C=O) groups is 3. The summed E-state index contributed by atoms with van der Waals surface area (Å²) in [6.07, 6.45) is 2.22. The van der Waals surface area contributed by atoms with Gasteiger partial charge in [0, 0.05) is 26.9 Å². The summed E-state index contributed by atoms with van der Waals surface area (Å²) in [5.41, 5.74) is 4.77. The molecule has 214 valence electrons. The molecule has 6 nitrogen and oxygen atoms in total. The van der Waals surface area contributed by atoms with E-state index in [9.17, 15) is 14.4 Å². The molecule has 8 heteroatoms. The summed E-state index contributed by atoms with van der Waals surface area (Å²) in [6, 6.07) is 28.8. The van der Waals surface area contributed by atoms with Crippen LogP contribution in [0, 0.1) is 13.8 Å². The Morgan fingerprint density at radius 2 is 1.52 bits per heavy atom. The maximum atomic E-state index is 13.4. The van der Waals surface area contributed by atoms with E-state index in [1.165, 1.54) is 17.3 Å². The van der Waals surface area contributed by atoms with Crippen molar-refractivity contribution < 1.29 is 14.4 Å². The number of amides is 3. The highest BCUT2D eigenvalue weighted by Crippen LogP contribution is 2.29. The van der Waals surface area contributed by atoms with Crippen molar-refractivity contribution in [2.75, 3.05) is 10.6 Å². The highest BCUT2D eigenvalue weighted by molar-refractivity contribution is 8.00. The number of anilines is 2. The predicted molar refractivity (Wildman–Crippen MR) is 173 cm³/mol. The van der Waals surface area contributed by atoms with E-state index in [4.69, 9.17) is 11.6 Å². The Bertz CT molecular complexity index is 1600. The van der Waals surface area contributed by atoms with E-state index in [0.29, 0.717) is 28.3 Å². The highest BCUT2D eigenvalue weighted by Gasteiger charge is 2.19. The molecule has 4 rings (SSSR count). The van der Waals surface area contributed by atoms with Crippen LogP contribution in [0.4, 0.5) is 11.4 Å². The molecule has 3 N–H and O–H groups in total. The van der Waals surface area contributed by atoms with E-state index >= 15 is 0 Å². The molecule has 4 aromatic rings. The molecule has 0 aliphatic heterocycles. The van der Waals surface area contributed by atoms with Crippen molar-refractivity contribution in [3.05, 3.63) is 130 Å². The molecular formula is C34H32ClN3O3S. The van der Waals surface area contributed by atoms with Gasteiger partial charge in [-0.15, -0.1) is 11.8 Å². The van der Waals surface area contributed by atoms with E-state index in [2.05, 4.69) is 16.0 Å². The molecular weight excluding hydrogens is 566 g/mol. The van der Waals surface area contributed by atoms with Gasteiger partial charge in [-0.2, -0.15) is 0 Å². The van der Waals surface area contributed by atoms with Crippen molar-refractivity contribution in [1.29, 1.82) is 0 Å². The molecule has 0 aliphatic carbocycles. The van der Waals surface area contributed by atoms with Crippen molar-refractivity contribution in [3.8, 4) is 0 Å². The van der Waals surface area contributed by atoms with Crippen LogP contribution in [0.15, 0.2) is 108 Å². The molecule has 1 atom stereocenters. The zero-order valence-corrected chi connectivity index (χ0v) is 25.2. The van der Waals surface area contributed by atoms with Crippen LogP contribution in [0.25, 0.3) is 6.08 Å². The molecule has 42 heavy (non-hydrogen) atoms. The lowest BCUT2D eigenvalue weighted by Crippen LogP contribution is -2.30. The lowest BCUT2D eigenvalue weighted by molar-refractivity contribution is -0.116. The van der Waals surface area contributed by atoms with Gasteiger partial charge in [-0.25, -0.2) is 0 Å². The summed E-state index contributed by atoms with van der Waals surface area (Å²) in [6.45, 7) is 6.01. The lowest BCUT2D eigenvalue weighted by atomic mass is 10.1. The molecule has 3 amide bonds. The average molecular weight is 598 g/mol. The fourth-order valence-electron chi connectivity index (χ4n) is 4.04. The third-order valence-corrected chi connectivity index (χ3v) is 8.13. The Labute approximate surface area is 255 Å². The molecule has 0 fully saturated rings. The second-order valence-electron chi connectivity index (χ2n) is 9.71. The number of halogens is 1. The van der Waals surface area contributed by atoms with E-state index < -0.39 is 11.8 Å². The van der Waals surface area contributed by atoms with Crippen LogP contribution in [-0.2, 0) is 9.59 Å². The molecule has 0 saturated carbocycles. The van der Waals surface area contributed by atoms with Crippen molar-refractivity contribution in [2.24, 2.45) is 0 Å². The number of aryl methyl sites for hydroxylation is 2. The fourth-order valence-corrected chi connectivity index (χ4v) is 5.18. The Morgan fingerprint density at radius 1 is 0.810 bits per heavy atom. The summed E-state index contributed by atoms with van der Waals surface area (Å²) in [5, 5.41) is 8.87. The fraction of sp³-hybridized carbons (Fsp3) is 0.147. The number of nitrogens with one attached hydrogen (secondary N) is 3. The summed E-state index contributed by atoms with van der Waals surface area (Å²) >= 11 is 7.44. The van der Waals surface area contributed by atoms with Gasteiger partial charge >= 0.3 is 0 Å². The van der Waals surface area contributed by atoms with Crippen LogP contribution in [0.1, 0.15) is 40.4 Å². The first kappa shape index (κ1) is 30.6. The van der Waals surface area contributed by atoms with Crippen molar-refractivity contribution in [1.82, 2.24) is 5.32 Å². The number of benzene rings is 4. The normalized spacial score (nSPS) is 11.9. The quantitative estimate of drug-likeness (QED) is 0.128. The Kier molecular flexibility index (Phi) is 10.6. The first-order valence-electron chi connectivity index (χ1n) is 13.5. The zero-order chi connectivity index (χ0) is 30.1. The van der Waals surface area contributed by atoms with E-state index in [1.54, 1.807) is 60.7 Å². The predicted octanol–water partition coefficient (Wildman–Crippen LogP) is 7.88. The topological polar surface area (TPSA) is 87.3 Å². The van der Waals surface area contributed by atoms with Crippen molar-refractivity contribution in [3.63, 3.8) is 0 Å². The molecule has 0 bridgehead atoms. The molecule has 0 saturated heterocycles.